The second-order valence-electron chi connectivity index (χ2n) is 7.70. The predicted octanol–water partition coefficient (Wildman–Crippen LogP) is 4.07. The van der Waals surface area contributed by atoms with Gasteiger partial charge in [-0.2, -0.15) is 4.31 Å². The summed E-state index contributed by atoms with van der Waals surface area (Å²) in [7, 11) is -3.85. The first-order valence-corrected chi connectivity index (χ1v) is 12.2. The number of hydrogen-bond donors (Lipinski definition) is 1. The largest absolute Gasteiger partial charge is 0.486 e. The molecule has 1 N–H and O–H groups in total. The van der Waals surface area contributed by atoms with Crippen LogP contribution in [0.3, 0.4) is 0 Å². The molecule has 4 rings (SSSR count). The van der Waals surface area contributed by atoms with Crippen LogP contribution in [0.2, 0.25) is 5.02 Å². The average molecular weight is 465 g/mol. The second-order valence-corrected chi connectivity index (χ2v) is 10.0. The van der Waals surface area contributed by atoms with E-state index in [0.717, 1.165) is 32.1 Å². The topological polar surface area (TPSA) is 84.9 Å². The maximum atomic E-state index is 13.4. The zero-order valence-electron chi connectivity index (χ0n) is 17.1. The number of sulfonamides is 1. The van der Waals surface area contributed by atoms with E-state index in [1.165, 1.54) is 16.4 Å². The van der Waals surface area contributed by atoms with Crippen molar-refractivity contribution in [2.75, 3.05) is 25.1 Å². The number of nitrogens with one attached hydrogen (secondary N) is 1. The standard InChI is InChI=1S/C22H25ClN2O5S/c23-16-6-9-19(10-7-16)31(27,28)25(18-4-2-1-3-5-18)15-22(26)24-17-8-11-20-21(14-17)30-13-12-29-20/h6-11,14,18H,1-5,12-13,15H2,(H,24,26). The molecule has 1 aliphatic carbocycles. The third-order valence-electron chi connectivity index (χ3n) is 5.53. The lowest BCUT2D eigenvalue weighted by Crippen LogP contribution is -2.45. The van der Waals surface area contributed by atoms with Crippen molar-refractivity contribution in [3.8, 4) is 11.5 Å². The van der Waals surface area contributed by atoms with E-state index in [9.17, 15) is 13.2 Å². The Morgan fingerprint density at radius 3 is 2.39 bits per heavy atom. The molecule has 0 unspecified atom stereocenters. The van der Waals surface area contributed by atoms with E-state index < -0.39 is 15.9 Å². The summed E-state index contributed by atoms with van der Waals surface area (Å²) in [5.41, 5.74) is 0.529. The molecule has 0 aromatic heterocycles. The van der Waals surface area contributed by atoms with Gasteiger partial charge >= 0.3 is 0 Å². The van der Waals surface area contributed by atoms with Crippen LogP contribution in [0.5, 0.6) is 11.5 Å². The third kappa shape index (κ3) is 5.14. The number of ether oxygens (including phenoxy) is 2. The molecule has 0 atom stereocenters. The van der Waals surface area contributed by atoms with Crippen LogP contribution in [0, 0.1) is 0 Å². The van der Waals surface area contributed by atoms with Crippen LogP contribution in [0.25, 0.3) is 0 Å². The fourth-order valence-corrected chi connectivity index (χ4v) is 5.75. The highest BCUT2D eigenvalue weighted by molar-refractivity contribution is 7.89. The van der Waals surface area contributed by atoms with E-state index in [2.05, 4.69) is 5.32 Å². The van der Waals surface area contributed by atoms with Crippen molar-refractivity contribution in [3.05, 3.63) is 47.5 Å². The average Bonchev–Trinajstić information content (AvgIpc) is 2.78. The zero-order valence-corrected chi connectivity index (χ0v) is 18.6. The first-order chi connectivity index (χ1) is 14.9. The Labute approximate surface area is 187 Å². The van der Waals surface area contributed by atoms with Gasteiger partial charge in [0.15, 0.2) is 11.5 Å². The number of anilines is 1. The molecule has 0 spiro atoms. The van der Waals surface area contributed by atoms with Crippen molar-refractivity contribution < 1.29 is 22.7 Å². The van der Waals surface area contributed by atoms with Crippen molar-refractivity contribution in [1.29, 1.82) is 0 Å². The van der Waals surface area contributed by atoms with Gasteiger partial charge in [-0.1, -0.05) is 30.9 Å². The molecule has 1 saturated carbocycles. The van der Waals surface area contributed by atoms with Gasteiger partial charge in [0.25, 0.3) is 0 Å². The van der Waals surface area contributed by atoms with Gasteiger partial charge in [-0.25, -0.2) is 8.42 Å². The lowest BCUT2D eigenvalue weighted by atomic mass is 9.95. The Morgan fingerprint density at radius 1 is 1.00 bits per heavy atom. The summed E-state index contributed by atoms with van der Waals surface area (Å²) in [5, 5.41) is 3.25. The number of halogens is 1. The van der Waals surface area contributed by atoms with E-state index in [1.807, 2.05) is 0 Å². The van der Waals surface area contributed by atoms with Gasteiger partial charge in [-0.3, -0.25) is 4.79 Å². The van der Waals surface area contributed by atoms with Crippen LogP contribution in [0.15, 0.2) is 47.4 Å². The van der Waals surface area contributed by atoms with Crippen LogP contribution in [0.4, 0.5) is 5.69 Å². The number of carbonyl (C=O) groups excluding carboxylic acids is 1. The Balaban J connectivity index is 1.54. The number of benzene rings is 2. The summed E-state index contributed by atoms with van der Waals surface area (Å²) in [6.07, 6.45) is 4.45. The molecule has 2 aliphatic rings. The van der Waals surface area contributed by atoms with Crippen LogP contribution in [-0.2, 0) is 14.8 Å². The fourth-order valence-electron chi connectivity index (χ4n) is 3.98. The molecule has 0 radical (unpaired) electrons. The molecule has 1 amide bonds. The molecular formula is C22H25ClN2O5S. The minimum atomic E-state index is -3.85. The minimum absolute atomic E-state index is 0.134. The number of amides is 1. The first-order valence-electron chi connectivity index (χ1n) is 10.4. The first kappa shape index (κ1) is 21.9. The molecule has 1 fully saturated rings. The number of carbonyl (C=O) groups is 1. The van der Waals surface area contributed by atoms with Crippen molar-refractivity contribution in [3.63, 3.8) is 0 Å². The van der Waals surface area contributed by atoms with E-state index in [1.54, 1.807) is 30.3 Å². The summed E-state index contributed by atoms with van der Waals surface area (Å²) in [6.45, 7) is 0.668. The Hall–Kier alpha value is -2.29. The normalized spacial score (nSPS) is 16.8. The highest BCUT2D eigenvalue weighted by Gasteiger charge is 2.34. The van der Waals surface area contributed by atoms with E-state index in [-0.39, 0.29) is 17.5 Å². The van der Waals surface area contributed by atoms with Gasteiger partial charge in [0, 0.05) is 22.8 Å². The molecule has 2 aromatic carbocycles. The number of hydrogen-bond acceptors (Lipinski definition) is 5. The third-order valence-corrected chi connectivity index (χ3v) is 7.69. The Bertz CT molecular complexity index is 1040. The van der Waals surface area contributed by atoms with Gasteiger partial charge in [0.1, 0.15) is 13.2 Å². The van der Waals surface area contributed by atoms with Crippen LogP contribution < -0.4 is 14.8 Å². The van der Waals surface area contributed by atoms with Gasteiger partial charge < -0.3 is 14.8 Å². The molecular weight excluding hydrogens is 440 g/mol. The minimum Gasteiger partial charge on any atom is -0.486 e. The number of fused-ring (bicyclic) bond motifs is 1. The zero-order chi connectivity index (χ0) is 21.8. The molecule has 166 valence electrons. The molecule has 0 bridgehead atoms. The summed E-state index contributed by atoms with van der Waals surface area (Å²) < 4.78 is 39.2. The molecule has 1 heterocycles. The van der Waals surface area contributed by atoms with E-state index in [4.69, 9.17) is 21.1 Å². The molecule has 9 heteroatoms. The summed E-state index contributed by atoms with van der Waals surface area (Å²) >= 11 is 5.92. The number of nitrogens with zero attached hydrogens (tertiary/aromatic N) is 1. The summed E-state index contributed by atoms with van der Waals surface area (Å²) in [6, 6.07) is 11.0. The predicted molar refractivity (Wildman–Crippen MR) is 118 cm³/mol. The molecule has 7 nitrogen and oxygen atoms in total. The van der Waals surface area contributed by atoms with Crippen molar-refractivity contribution in [2.45, 2.75) is 43.0 Å². The fraction of sp³-hybridized carbons (Fsp3) is 0.409. The molecule has 2 aromatic rings. The Morgan fingerprint density at radius 2 is 1.68 bits per heavy atom. The lowest BCUT2D eigenvalue weighted by molar-refractivity contribution is -0.116. The second kappa shape index (κ2) is 9.46. The number of rotatable bonds is 6. The molecule has 1 aliphatic heterocycles. The van der Waals surface area contributed by atoms with Crippen LogP contribution in [0.1, 0.15) is 32.1 Å². The highest BCUT2D eigenvalue weighted by atomic mass is 35.5. The van der Waals surface area contributed by atoms with E-state index >= 15 is 0 Å². The summed E-state index contributed by atoms with van der Waals surface area (Å²) in [4.78, 5) is 13.0. The van der Waals surface area contributed by atoms with Gasteiger partial charge in [-0.15, -0.1) is 0 Å². The molecule has 0 saturated heterocycles. The van der Waals surface area contributed by atoms with Crippen molar-refractivity contribution in [2.24, 2.45) is 0 Å². The van der Waals surface area contributed by atoms with Crippen LogP contribution in [-0.4, -0.2) is 44.4 Å². The smallest absolute Gasteiger partial charge is 0.243 e. The maximum absolute atomic E-state index is 13.4. The van der Waals surface area contributed by atoms with Gasteiger partial charge in [0.2, 0.25) is 15.9 Å². The quantitative estimate of drug-likeness (QED) is 0.696. The van der Waals surface area contributed by atoms with Crippen molar-refractivity contribution >= 4 is 33.2 Å². The SMILES string of the molecule is O=C(CN(C1CCCCC1)S(=O)(=O)c1ccc(Cl)cc1)Nc1ccc2c(c1)OCCO2. The molecule has 31 heavy (non-hydrogen) atoms. The maximum Gasteiger partial charge on any atom is 0.243 e. The lowest BCUT2D eigenvalue weighted by Gasteiger charge is -2.33. The summed E-state index contributed by atoms with van der Waals surface area (Å²) in [5.74, 6) is 0.778. The van der Waals surface area contributed by atoms with Gasteiger partial charge in [-0.05, 0) is 49.2 Å². The monoisotopic (exact) mass is 464 g/mol. The van der Waals surface area contributed by atoms with Crippen LogP contribution >= 0.6 is 11.6 Å². The van der Waals surface area contributed by atoms with Gasteiger partial charge in [0.05, 0.1) is 11.4 Å². The van der Waals surface area contributed by atoms with E-state index in [0.29, 0.717) is 35.4 Å². The Kier molecular flexibility index (Phi) is 6.69. The highest BCUT2D eigenvalue weighted by Crippen LogP contribution is 2.33. The van der Waals surface area contributed by atoms with Crippen molar-refractivity contribution in [1.82, 2.24) is 4.31 Å².